The molecule has 0 amide bonds. The SMILES string of the molecule is C[C@@H](O)c1ccc(Oc2ccc(F)cc2F)cn1. The fraction of sp³-hybridized carbons (Fsp3) is 0.154. The molecule has 0 radical (unpaired) electrons. The average Bonchev–Trinajstić information content (AvgIpc) is 2.33. The highest BCUT2D eigenvalue weighted by atomic mass is 19.1. The predicted molar refractivity (Wildman–Crippen MR) is 61.3 cm³/mol. The summed E-state index contributed by atoms with van der Waals surface area (Å²) in [5.41, 5.74) is 0.488. The van der Waals surface area contributed by atoms with Crippen LogP contribution < -0.4 is 4.74 Å². The third-order valence-corrected chi connectivity index (χ3v) is 2.31. The molecule has 1 atom stereocenters. The highest BCUT2D eigenvalue weighted by Crippen LogP contribution is 2.25. The summed E-state index contributed by atoms with van der Waals surface area (Å²) in [6.45, 7) is 1.59. The molecule has 0 aliphatic heterocycles. The number of aliphatic hydroxyl groups excluding tert-OH is 1. The van der Waals surface area contributed by atoms with Gasteiger partial charge < -0.3 is 9.84 Å². The lowest BCUT2D eigenvalue weighted by Gasteiger charge is -2.08. The third kappa shape index (κ3) is 2.81. The van der Waals surface area contributed by atoms with Crippen molar-refractivity contribution in [2.45, 2.75) is 13.0 Å². The topological polar surface area (TPSA) is 42.4 Å². The number of nitrogens with zero attached hydrogens (tertiary/aromatic N) is 1. The molecule has 1 heterocycles. The number of aliphatic hydroxyl groups is 1. The molecule has 94 valence electrons. The van der Waals surface area contributed by atoms with E-state index in [0.717, 1.165) is 12.1 Å². The highest BCUT2D eigenvalue weighted by Gasteiger charge is 2.07. The van der Waals surface area contributed by atoms with Crippen molar-refractivity contribution in [1.82, 2.24) is 4.98 Å². The first-order valence-corrected chi connectivity index (χ1v) is 5.33. The molecule has 0 saturated carbocycles. The summed E-state index contributed by atoms with van der Waals surface area (Å²) in [4.78, 5) is 3.95. The summed E-state index contributed by atoms with van der Waals surface area (Å²) in [5, 5.41) is 9.27. The van der Waals surface area contributed by atoms with E-state index in [-0.39, 0.29) is 5.75 Å². The normalized spacial score (nSPS) is 12.2. The van der Waals surface area contributed by atoms with Gasteiger partial charge in [-0.05, 0) is 31.2 Å². The van der Waals surface area contributed by atoms with Crippen LogP contribution in [0.1, 0.15) is 18.7 Å². The van der Waals surface area contributed by atoms with E-state index in [4.69, 9.17) is 4.74 Å². The second-order valence-electron chi connectivity index (χ2n) is 3.77. The van der Waals surface area contributed by atoms with E-state index in [2.05, 4.69) is 4.98 Å². The molecule has 1 aromatic carbocycles. The first-order chi connectivity index (χ1) is 8.56. The van der Waals surface area contributed by atoms with Gasteiger partial charge in [0.25, 0.3) is 0 Å². The van der Waals surface area contributed by atoms with Crippen molar-refractivity contribution in [2.24, 2.45) is 0 Å². The van der Waals surface area contributed by atoms with Gasteiger partial charge in [0, 0.05) is 6.07 Å². The second kappa shape index (κ2) is 5.10. The van der Waals surface area contributed by atoms with Crippen LogP contribution >= 0.6 is 0 Å². The first-order valence-electron chi connectivity index (χ1n) is 5.33. The Morgan fingerprint density at radius 1 is 1.22 bits per heavy atom. The molecule has 0 spiro atoms. The maximum Gasteiger partial charge on any atom is 0.168 e. The van der Waals surface area contributed by atoms with Crippen LogP contribution in [-0.2, 0) is 0 Å². The zero-order chi connectivity index (χ0) is 13.1. The summed E-state index contributed by atoms with van der Waals surface area (Å²) < 4.78 is 31.2. The van der Waals surface area contributed by atoms with Gasteiger partial charge in [-0.3, -0.25) is 4.98 Å². The Kier molecular flexibility index (Phi) is 3.53. The minimum atomic E-state index is -0.783. The molecule has 1 N–H and O–H groups in total. The van der Waals surface area contributed by atoms with Gasteiger partial charge in [-0.15, -0.1) is 0 Å². The molecule has 5 heteroatoms. The van der Waals surface area contributed by atoms with Gasteiger partial charge in [0.2, 0.25) is 0 Å². The Bertz CT molecular complexity index is 541. The van der Waals surface area contributed by atoms with Crippen LogP contribution in [0.2, 0.25) is 0 Å². The number of hydrogen-bond donors (Lipinski definition) is 1. The summed E-state index contributed by atoms with van der Waals surface area (Å²) in [6.07, 6.45) is 0.687. The third-order valence-electron chi connectivity index (χ3n) is 2.31. The van der Waals surface area contributed by atoms with Crippen molar-refractivity contribution in [1.29, 1.82) is 0 Å². The van der Waals surface area contributed by atoms with Gasteiger partial charge in [0.15, 0.2) is 11.6 Å². The molecular formula is C13H11F2NO2. The maximum atomic E-state index is 13.3. The molecule has 0 aliphatic rings. The van der Waals surface area contributed by atoms with Crippen molar-refractivity contribution in [3.8, 4) is 11.5 Å². The Labute approximate surface area is 103 Å². The van der Waals surface area contributed by atoms with Gasteiger partial charge in [-0.1, -0.05) is 0 Å². The highest BCUT2D eigenvalue weighted by molar-refractivity contribution is 5.31. The maximum absolute atomic E-state index is 13.3. The number of hydrogen-bond acceptors (Lipinski definition) is 3. The smallest absolute Gasteiger partial charge is 0.168 e. The van der Waals surface area contributed by atoms with Crippen molar-refractivity contribution >= 4 is 0 Å². The fourth-order valence-electron chi connectivity index (χ4n) is 1.38. The van der Waals surface area contributed by atoms with E-state index >= 15 is 0 Å². The molecule has 0 fully saturated rings. The fourth-order valence-corrected chi connectivity index (χ4v) is 1.38. The van der Waals surface area contributed by atoms with Crippen molar-refractivity contribution < 1.29 is 18.6 Å². The Balaban J connectivity index is 2.18. The lowest BCUT2D eigenvalue weighted by Crippen LogP contribution is -1.95. The summed E-state index contributed by atoms with van der Waals surface area (Å²) >= 11 is 0. The molecule has 2 rings (SSSR count). The van der Waals surface area contributed by atoms with E-state index in [9.17, 15) is 13.9 Å². The Morgan fingerprint density at radius 3 is 2.56 bits per heavy atom. The number of ether oxygens (including phenoxy) is 1. The van der Waals surface area contributed by atoms with Crippen LogP contribution in [0, 0.1) is 11.6 Å². The van der Waals surface area contributed by atoms with Crippen molar-refractivity contribution in [2.75, 3.05) is 0 Å². The first kappa shape index (κ1) is 12.4. The van der Waals surface area contributed by atoms with Gasteiger partial charge >= 0.3 is 0 Å². The Morgan fingerprint density at radius 2 is 2.00 bits per heavy atom. The monoisotopic (exact) mass is 251 g/mol. The van der Waals surface area contributed by atoms with Gasteiger partial charge in [-0.25, -0.2) is 8.78 Å². The van der Waals surface area contributed by atoms with E-state index < -0.39 is 17.7 Å². The molecule has 18 heavy (non-hydrogen) atoms. The molecule has 2 aromatic rings. The van der Waals surface area contributed by atoms with Crippen molar-refractivity contribution in [3.63, 3.8) is 0 Å². The molecule has 0 saturated heterocycles. The minimum Gasteiger partial charge on any atom is -0.453 e. The lowest BCUT2D eigenvalue weighted by atomic mass is 10.2. The lowest BCUT2D eigenvalue weighted by molar-refractivity contribution is 0.194. The van der Waals surface area contributed by atoms with Crippen LogP contribution in [0.3, 0.4) is 0 Å². The molecule has 0 unspecified atom stereocenters. The second-order valence-corrected chi connectivity index (χ2v) is 3.77. The van der Waals surface area contributed by atoms with Crippen LogP contribution in [0.15, 0.2) is 36.5 Å². The number of aromatic nitrogens is 1. The molecular weight excluding hydrogens is 240 g/mol. The molecule has 3 nitrogen and oxygen atoms in total. The summed E-state index contributed by atoms with van der Waals surface area (Å²) in [5.74, 6) is -1.22. The van der Waals surface area contributed by atoms with E-state index in [1.54, 1.807) is 19.1 Å². The number of halogens is 2. The molecule has 1 aromatic heterocycles. The van der Waals surface area contributed by atoms with Gasteiger partial charge in [-0.2, -0.15) is 0 Å². The standard InChI is InChI=1S/C13H11F2NO2/c1-8(17)12-4-3-10(7-16-12)18-13-5-2-9(14)6-11(13)15/h2-8,17H,1H3/t8-/m1/s1. The van der Waals surface area contributed by atoms with E-state index in [1.807, 2.05) is 0 Å². The van der Waals surface area contributed by atoms with E-state index in [0.29, 0.717) is 11.4 Å². The van der Waals surface area contributed by atoms with Gasteiger partial charge in [0.1, 0.15) is 11.6 Å². The zero-order valence-electron chi connectivity index (χ0n) is 9.60. The van der Waals surface area contributed by atoms with E-state index in [1.165, 1.54) is 12.3 Å². The largest absolute Gasteiger partial charge is 0.453 e. The van der Waals surface area contributed by atoms with Crippen LogP contribution in [0.5, 0.6) is 11.5 Å². The molecule has 0 bridgehead atoms. The molecule has 0 aliphatic carbocycles. The summed E-state index contributed by atoms with van der Waals surface area (Å²) in [7, 11) is 0. The van der Waals surface area contributed by atoms with Gasteiger partial charge in [0.05, 0.1) is 18.0 Å². The summed E-state index contributed by atoms with van der Waals surface area (Å²) in [6, 6.07) is 6.18. The minimum absolute atomic E-state index is 0.0806. The van der Waals surface area contributed by atoms with Crippen LogP contribution in [0.4, 0.5) is 8.78 Å². The number of benzene rings is 1. The van der Waals surface area contributed by atoms with Crippen molar-refractivity contribution in [3.05, 3.63) is 53.9 Å². The predicted octanol–water partition coefficient (Wildman–Crippen LogP) is 3.21. The van der Waals surface area contributed by atoms with Crippen LogP contribution in [0.25, 0.3) is 0 Å². The Hall–Kier alpha value is -2.01. The van der Waals surface area contributed by atoms with Crippen LogP contribution in [-0.4, -0.2) is 10.1 Å². The zero-order valence-corrected chi connectivity index (χ0v) is 9.60. The average molecular weight is 251 g/mol. The quantitative estimate of drug-likeness (QED) is 0.910. The number of pyridine rings is 1. The number of rotatable bonds is 3.